The average molecular weight is 369 g/mol. The second kappa shape index (κ2) is 9.21. The van der Waals surface area contributed by atoms with E-state index in [-0.39, 0.29) is 18.1 Å². The molecular formula is C19H32O5Si. The van der Waals surface area contributed by atoms with Crippen molar-refractivity contribution in [1.29, 1.82) is 0 Å². The van der Waals surface area contributed by atoms with Gasteiger partial charge in [0, 0.05) is 5.92 Å². The highest BCUT2D eigenvalue weighted by atomic mass is 28.4. The number of hydrogen-bond donors (Lipinski definition) is 0. The van der Waals surface area contributed by atoms with Crippen molar-refractivity contribution in [3.63, 3.8) is 0 Å². The van der Waals surface area contributed by atoms with Gasteiger partial charge in [-0.05, 0) is 31.5 Å². The van der Waals surface area contributed by atoms with Gasteiger partial charge in [0.2, 0.25) is 0 Å². The lowest BCUT2D eigenvalue weighted by Gasteiger charge is -2.35. The second-order valence-electron chi connectivity index (χ2n) is 7.54. The number of carbonyl (C=O) groups is 2. The zero-order chi connectivity index (χ0) is 19.9. The topological polar surface area (TPSA) is 61.8 Å². The lowest BCUT2D eigenvalue weighted by atomic mass is 9.73. The predicted octanol–water partition coefficient (Wildman–Crippen LogP) is 3.56. The van der Waals surface area contributed by atoms with Crippen molar-refractivity contribution in [2.45, 2.75) is 52.2 Å². The highest BCUT2D eigenvalue weighted by Crippen LogP contribution is 2.37. The van der Waals surface area contributed by atoms with Gasteiger partial charge < -0.3 is 13.9 Å². The number of allylic oxidation sites excluding steroid dienone is 1. The monoisotopic (exact) mass is 368 g/mol. The maximum Gasteiger partial charge on any atom is 0.324 e. The molecule has 0 aromatic heterocycles. The van der Waals surface area contributed by atoms with Crippen molar-refractivity contribution in [3.05, 3.63) is 12.7 Å². The Morgan fingerprint density at radius 2 is 1.64 bits per heavy atom. The third-order valence-electron chi connectivity index (χ3n) is 4.93. The van der Waals surface area contributed by atoms with E-state index in [4.69, 9.17) is 13.9 Å². The van der Waals surface area contributed by atoms with Crippen LogP contribution in [0.2, 0.25) is 18.1 Å². The Bertz CT molecular complexity index is 532. The molecule has 0 spiro atoms. The summed E-state index contributed by atoms with van der Waals surface area (Å²) >= 11 is 0. The average Bonchev–Trinajstić information content (AvgIpc) is 2.53. The molecule has 0 fully saturated rings. The smallest absolute Gasteiger partial charge is 0.324 e. The molecule has 0 radical (unpaired) electrons. The van der Waals surface area contributed by atoms with Gasteiger partial charge in [0.15, 0.2) is 13.7 Å². The molecule has 142 valence electrons. The van der Waals surface area contributed by atoms with E-state index < -0.39 is 31.6 Å². The lowest BCUT2D eigenvalue weighted by Crippen LogP contribution is -2.45. The van der Waals surface area contributed by atoms with E-state index in [9.17, 15) is 9.59 Å². The van der Waals surface area contributed by atoms with Crippen molar-refractivity contribution in [1.82, 2.24) is 0 Å². The number of esters is 2. The van der Waals surface area contributed by atoms with Gasteiger partial charge in [-0.3, -0.25) is 9.59 Å². The molecule has 0 saturated carbocycles. The van der Waals surface area contributed by atoms with Crippen LogP contribution in [0.1, 0.15) is 34.1 Å². The summed E-state index contributed by atoms with van der Waals surface area (Å²) < 4.78 is 15.7. The van der Waals surface area contributed by atoms with Crippen LogP contribution < -0.4 is 0 Å². The molecule has 0 aromatic rings. The van der Waals surface area contributed by atoms with Gasteiger partial charge in [0.25, 0.3) is 0 Å². The van der Waals surface area contributed by atoms with Crippen molar-refractivity contribution in [3.8, 4) is 11.8 Å². The zero-order valence-corrected chi connectivity index (χ0v) is 17.8. The first-order valence-electron chi connectivity index (χ1n) is 8.30. The lowest BCUT2D eigenvalue weighted by molar-refractivity contribution is -0.171. The molecule has 0 bridgehead atoms. The molecule has 0 amide bonds. The van der Waals surface area contributed by atoms with Gasteiger partial charge in [-0.25, -0.2) is 0 Å². The van der Waals surface area contributed by atoms with E-state index in [1.165, 1.54) is 20.3 Å². The Hall–Kier alpha value is -1.58. The van der Waals surface area contributed by atoms with Crippen molar-refractivity contribution in [2.24, 2.45) is 11.3 Å². The minimum absolute atomic E-state index is 0.0882. The number of hydrogen-bond acceptors (Lipinski definition) is 5. The van der Waals surface area contributed by atoms with Crippen molar-refractivity contribution >= 4 is 20.3 Å². The van der Waals surface area contributed by atoms with Crippen LogP contribution in [-0.2, 0) is 23.5 Å². The molecule has 1 atom stereocenters. The van der Waals surface area contributed by atoms with Crippen LogP contribution in [0.5, 0.6) is 0 Å². The van der Waals surface area contributed by atoms with Crippen LogP contribution >= 0.6 is 0 Å². The van der Waals surface area contributed by atoms with Crippen LogP contribution in [0.4, 0.5) is 0 Å². The molecule has 25 heavy (non-hydrogen) atoms. The normalized spacial score (nSPS) is 13.3. The van der Waals surface area contributed by atoms with Crippen LogP contribution in [0.25, 0.3) is 0 Å². The quantitative estimate of drug-likeness (QED) is 0.226. The molecule has 0 heterocycles. The Balaban J connectivity index is 5.44. The van der Waals surface area contributed by atoms with E-state index >= 15 is 0 Å². The highest BCUT2D eigenvalue weighted by Gasteiger charge is 2.51. The summed E-state index contributed by atoms with van der Waals surface area (Å²) in [4.78, 5) is 24.7. The Labute approximate surface area is 153 Å². The first-order valence-corrected chi connectivity index (χ1v) is 11.2. The van der Waals surface area contributed by atoms with E-state index in [1.807, 2.05) is 0 Å². The molecule has 0 aliphatic heterocycles. The molecule has 0 rings (SSSR count). The Morgan fingerprint density at radius 3 is 2.00 bits per heavy atom. The van der Waals surface area contributed by atoms with Crippen LogP contribution in [0, 0.1) is 23.2 Å². The minimum Gasteiger partial charge on any atom is -0.468 e. The number of ether oxygens (including phenoxy) is 2. The standard InChI is InChI=1S/C19H32O5Si/c1-10-13-19(16(20)22-6,17(21)23-7)15(2)12-11-14-24-25(8,9)18(3,4)5/h10,15H,1,13-14H2,2-9H3. The van der Waals surface area contributed by atoms with Crippen LogP contribution in [-0.4, -0.2) is 41.1 Å². The fraction of sp³-hybridized carbons (Fsp3) is 0.684. The van der Waals surface area contributed by atoms with Crippen LogP contribution in [0.15, 0.2) is 12.7 Å². The predicted molar refractivity (Wildman–Crippen MR) is 101 cm³/mol. The van der Waals surface area contributed by atoms with Crippen molar-refractivity contribution < 1.29 is 23.5 Å². The Morgan fingerprint density at radius 1 is 1.16 bits per heavy atom. The fourth-order valence-electron chi connectivity index (χ4n) is 2.12. The first-order chi connectivity index (χ1) is 11.4. The molecule has 0 aromatic carbocycles. The summed E-state index contributed by atoms with van der Waals surface area (Å²) in [5.41, 5.74) is -1.52. The van der Waals surface area contributed by atoms with Crippen molar-refractivity contribution in [2.75, 3.05) is 20.8 Å². The summed E-state index contributed by atoms with van der Waals surface area (Å²) in [5.74, 6) is 3.96. The van der Waals surface area contributed by atoms with Gasteiger partial charge in [0.1, 0.15) is 0 Å². The summed E-state index contributed by atoms with van der Waals surface area (Å²) in [6, 6.07) is 0. The van der Waals surface area contributed by atoms with Gasteiger partial charge in [0.05, 0.1) is 20.8 Å². The SMILES string of the molecule is C=CCC(C(=O)OC)(C(=O)OC)C(C)C#CCO[Si](C)(C)C(C)(C)C. The van der Waals surface area contributed by atoms with E-state index in [1.54, 1.807) is 6.92 Å². The fourth-order valence-corrected chi connectivity index (χ4v) is 2.99. The van der Waals surface area contributed by atoms with E-state index in [2.05, 4.69) is 52.3 Å². The maximum atomic E-state index is 12.3. The third-order valence-corrected chi connectivity index (χ3v) is 9.41. The second-order valence-corrected chi connectivity index (χ2v) is 12.3. The molecule has 5 nitrogen and oxygen atoms in total. The van der Waals surface area contributed by atoms with Gasteiger partial charge >= 0.3 is 11.9 Å². The Kier molecular flexibility index (Phi) is 8.62. The van der Waals surface area contributed by atoms with E-state index in [0.29, 0.717) is 0 Å². The minimum atomic E-state index is -1.90. The summed E-state index contributed by atoms with van der Waals surface area (Å²) in [6.45, 7) is 16.3. The highest BCUT2D eigenvalue weighted by molar-refractivity contribution is 6.74. The van der Waals surface area contributed by atoms with Gasteiger partial charge in [-0.2, -0.15) is 0 Å². The number of rotatable bonds is 7. The third kappa shape index (κ3) is 5.45. The molecule has 0 N–H and O–H groups in total. The number of carbonyl (C=O) groups excluding carboxylic acids is 2. The molecule has 0 aliphatic rings. The van der Waals surface area contributed by atoms with Gasteiger partial charge in [-0.1, -0.05) is 38.7 Å². The van der Waals surface area contributed by atoms with Crippen LogP contribution in [0.3, 0.4) is 0 Å². The molecule has 1 unspecified atom stereocenters. The zero-order valence-electron chi connectivity index (χ0n) is 16.8. The first kappa shape index (κ1) is 23.4. The molecular weight excluding hydrogens is 336 g/mol. The largest absolute Gasteiger partial charge is 0.468 e. The summed E-state index contributed by atoms with van der Waals surface area (Å²) in [5, 5.41) is 0.0882. The maximum absolute atomic E-state index is 12.3. The molecule has 6 heteroatoms. The number of methoxy groups -OCH3 is 2. The molecule has 0 saturated heterocycles. The van der Waals surface area contributed by atoms with E-state index in [0.717, 1.165) is 0 Å². The summed E-state index contributed by atoms with van der Waals surface area (Å²) in [6.07, 6.45) is 1.59. The van der Waals surface area contributed by atoms with Gasteiger partial charge in [-0.15, -0.1) is 6.58 Å². The molecule has 0 aliphatic carbocycles. The summed E-state index contributed by atoms with van der Waals surface area (Å²) in [7, 11) is 0.582.